The summed E-state index contributed by atoms with van der Waals surface area (Å²) in [5.74, 6) is 0.433. The molecular weight excluding hydrogens is 414 g/mol. The van der Waals surface area contributed by atoms with Crippen LogP contribution >= 0.6 is 11.3 Å². The third kappa shape index (κ3) is 3.02. The molecule has 1 atom stereocenters. The van der Waals surface area contributed by atoms with Crippen LogP contribution in [-0.2, 0) is 0 Å². The minimum absolute atomic E-state index is 0.0396. The zero-order valence-corrected chi connectivity index (χ0v) is 18.0. The van der Waals surface area contributed by atoms with Gasteiger partial charge < -0.3 is 9.15 Å². The average Bonchev–Trinajstić information content (AvgIpc) is 3.37. The van der Waals surface area contributed by atoms with Crippen LogP contribution in [0, 0.1) is 0 Å². The lowest BCUT2D eigenvalue weighted by molar-refractivity contribution is 0.0970. The number of hydrogen-bond acceptors (Lipinski definition) is 7. The summed E-state index contributed by atoms with van der Waals surface area (Å²) >= 11 is 1.34. The Labute approximate surface area is 181 Å². The van der Waals surface area contributed by atoms with Crippen LogP contribution < -0.4 is 15.1 Å². The summed E-state index contributed by atoms with van der Waals surface area (Å²) in [5, 5.41) is 10.2. The number of carbonyl (C=O) groups is 1. The Balaban J connectivity index is 1.78. The second-order valence-electron chi connectivity index (χ2n) is 7.60. The SMILES string of the molecule is COc1cccc([C@H]2c3c(oc4ccccc4c3=O)C(=O)N2c2nnc(C(C)C)s2)c1. The van der Waals surface area contributed by atoms with Crippen molar-refractivity contribution in [1.29, 1.82) is 0 Å². The quantitative estimate of drug-likeness (QED) is 0.470. The van der Waals surface area contributed by atoms with Crippen LogP contribution in [0.15, 0.2) is 57.7 Å². The largest absolute Gasteiger partial charge is 0.497 e. The molecule has 2 aromatic carbocycles. The first-order chi connectivity index (χ1) is 15.0. The molecule has 0 N–H and O–H groups in total. The number of nitrogens with zero attached hydrogens (tertiary/aromatic N) is 3. The molecule has 0 spiro atoms. The van der Waals surface area contributed by atoms with Gasteiger partial charge in [0, 0.05) is 5.92 Å². The molecule has 1 aliphatic rings. The van der Waals surface area contributed by atoms with E-state index in [-0.39, 0.29) is 17.1 Å². The van der Waals surface area contributed by atoms with Crippen molar-refractivity contribution in [3.05, 3.63) is 80.6 Å². The first-order valence-corrected chi connectivity index (χ1v) is 10.7. The Hall–Kier alpha value is -3.52. The van der Waals surface area contributed by atoms with Crippen molar-refractivity contribution in [3.8, 4) is 5.75 Å². The molecule has 0 aliphatic carbocycles. The van der Waals surface area contributed by atoms with Crippen LogP contribution in [0.1, 0.15) is 52.5 Å². The van der Waals surface area contributed by atoms with Gasteiger partial charge in [0.2, 0.25) is 10.9 Å². The second kappa shape index (κ2) is 7.31. The molecule has 1 amide bonds. The molecule has 0 radical (unpaired) electrons. The number of ether oxygens (including phenoxy) is 1. The molecule has 5 rings (SSSR count). The number of benzene rings is 2. The number of rotatable bonds is 4. The van der Waals surface area contributed by atoms with Gasteiger partial charge in [-0.2, -0.15) is 0 Å². The molecule has 2 aromatic heterocycles. The minimum Gasteiger partial charge on any atom is -0.497 e. The van der Waals surface area contributed by atoms with Gasteiger partial charge in [-0.05, 0) is 29.8 Å². The van der Waals surface area contributed by atoms with Crippen LogP contribution in [0.2, 0.25) is 0 Å². The van der Waals surface area contributed by atoms with E-state index in [1.807, 2.05) is 38.1 Å². The number of methoxy groups -OCH3 is 1. The number of fused-ring (bicyclic) bond motifs is 2. The minimum atomic E-state index is -0.689. The van der Waals surface area contributed by atoms with Gasteiger partial charge >= 0.3 is 0 Å². The zero-order valence-electron chi connectivity index (χ0n) is 17.2. The van der Waals surface area contributed by atoms with Crippen molar-refractivity contribution in [2.75, 3.05) is 12.0 Å². The van der Waals surface area contributed by atoms with Crippen molar-refractivity contribution >= 4 is 33.3 Å². The molecule has 3 heterocycles. The van der Waals surface area contributed by atoms with Gasteiger partial charge in [-0.15, -0.1) is 10.2 Å². The van der Waals surface area contributed by atoms with E-state index in [0.29, 0.717) is 27.4 Å². The molecular formula is C23H19N3O4S. The normalized spacial score (nSPS) is 15.7. The van der Waals surface area contributed by atoms with E-state index in [1.54, 1.807) is 31.4 Å². The molecule has 0 bridgehead atoms. The summed E-state index contributed by atoms with van der Waals surface area (Å²) in [6, 6.07) is 13.6. The first-order valence-electron chi connectivity index (χ1n) is 9.86. The Kier molecular flexibility index (Phi) is 4.59. The Morgan fingerprint density at radius 2 is 1.90 bits per heavy atom. The molecule has 1 aliphatic heterocycles. The molecule has 4 aromatic rings. The predicted molar refractivity (Wildman–Crippen MR) is 118 cm³/mol. The smallest absolute Gasteiger partial charge is 0.297 e. The van der Waals surface area contributed by atoms with Gasteiger partial charge in [-0.25, -0.2) is 0 Å². The topological polar surface area (TPSA) is 85.5 Å². The van der Waals surface area contributed by atoms with Crippen molar-refractivity contribution < 1.29 is 13.9 Å². The molecule has 0 saturated heterocycles. The lowest BCUT2D eigenvalue weighted by atomic mass is 9.98. The fraction of sp³-hybridized carbons (Fsp3) is 0.217. The van der Waals surface area contributed by atoms with Crippen molar-refractivity contribution in [3.63, 3.8) is 0 Å². The highest BCUT2D eigenvalue weighted by atomic mass is 32.1. The second-order valence-corrected chi connectivity index (χ2v) is 8.59. The maximum absolute atomic E-state index is 13.5. The van der Waals surface area contributed by atoms with Gasteiger partial charge in [0.25, 0.3) is 5.91 Å². The van der Waals surface area contributed by atoms with Crippen LogP contribution in [0.25, 0.3) is 11.0 Å². The molecule has 0 fully saturated rings. The third-order valence-electron chi connectivity index (χ3n) is 5.32. The molecule has 0 unspecified atom stereocenters. The van der Waals surface area contributed by atoms with E-state index >= 15 is 0 Å². The van der Waals surface area contributed by atoms with E-state index in [2.05, 4.69) is 10.2 Å². The summed E-state index contributed by atoms with van der Waals surface area (Å²) in [6.07, 6.45) is 0. The summed E-state index contributed by atoms with van der Waals surface area (Å²) in [6.45, 7) is 4.03. The van der Waals surface area contributed by atoms with Crippen molar-refractivity contribution in [2.45, 2.75) is 25.8 Å². The predicted octanol–water partition coefficient (Wildman–Crippen LogP) is 4.53. The monoisotopic (exact) mass is 433 g/mol. The number of para-hydroxylation sites is 1. The van der Waals surface area contributed by atoms with Crippen molar-refractivity contribution in [2.24, 2.45) is 0 Å². The summed E-state index contributed by atoms with van der Waals surface area (Å²) in [4.78, 5) is 28.5. The molecule has 8 heteroatoms. The van der Waals surface area contributed by atoms with Crippen LogP contribution in [0.4, 0.5) is 5.13 Å². The summed E-state index contributed by atoms with van der Waals surface area (Å²) in [5.41, 5.74) is 1.19. The van der Waals surface area contributed by atoms with Gasteiger partial charge in [-0.3, -0.25) is 14.5 Å². The highest BCUT2D eigenvalue weighted by Crippen LogP contribution is 2.43. The Bertz CT molecular complexity index is 1370. The van der Waals surface area contributed by atoms with Gasteiger partial charge in [0.05, 0.1) is 24.1 Å². The lowest BCUT2D eigenvalue weighted by Gasteiger charge is -2.22. The number of aromatic nitrogens is 2. The van der Waals surface area contributed by atoms with E-state index in [9.17, 15) is 9.59 Å². The highest BCUT2D eigenvalue weighted by Gasteiger charge is 2.45. The van der Waals surface area contributed by atoms with Crippen LogP contribution in [-0.4, -0.2) is 23.2 Å². The first kappa shape index (κ1) is 19.4. The number of carbonyl (C=O) groups excluding carboxylic acids is 1. The lowest BCUT2D eigenvalue weighted by Crippen LogP contribution is -2.29. The maximum Gasteiger partial charge on any atom is 0.297 e. The van der Waals surface area contributed by atoms with E-state index in [1.165, 1.54) is 16.2 Å². The standard InChI is InChI=1S/C23H19N3O4S/c1-12(2)21-24-25-23(31-21)26-18(13-7-6-8-14(11-13)29-3)17-19(27)15-9-4-5-10-16(15)30-20(17)22(26)28/h4-12,18H,1-3H3/t18-/m0/s1. The van der Waals surface area contributed by atoms with Crippen molar-refractivity contribution in [1.82, 2.24) is 10.2 Å². The summed E-state index contributed by atoms with van der Waals surface area (Å²) in [7, 11) is 1.58. The number of amides is 1. The molecule has 156 valence electrons. The third-order valence-corrected chi connectivity index (χ3v) is 6.54. The zero-order chi connectivity index (χ0) is 21.7. The van der Waals surface area contributed by atoms with E-state index < -0.39 is 11.9 Å². The Morgan fingerprint density at radius 3 is 2.65 bits per heavy atom. The number of hydrogen-bond donors (Lipinski definition) is 0. The fourth-order valence-corrected chi connectivity index (χ4v) is 4.67. The van der Waals surface area contributed by atoms with Gasteiger partial charge in [0.15, 0.2) is 5.43 Å². The van der Waals surface area contributed by atoms with Crippen LogP contribution in [0.3, 0.4) is 0 Å². The van der Waals surface area contributed by atoms with Gasteiger partial charge in [0.1, 0.15) is 16.3 Å². The maximum atomic E-state index is 13.5. The highest BCUT2D eigenvalue weighted by molar-refractivity contribution is 7.15. The average molecular weight is 433 g/mol. The number of anilines is 1. The van der Waals surface area contributed by atoms with Gasteiger partial charge in [-0.1, -0.05) is 49.4 Å². The molecule has 0 saturated carbocycles. The summed E-state index contributed by atoms with van der Waals surface area (Å²) < 4.78 is 11.3. The molecule has 31 heavy (non-hydrogen) atoms. The fourth-order valence-electron chi connectivity index (χ4n) is 3.80. The molecule has 7 nitrogen and oxygen atoms in total. The Morgan fingerprint density at radius 1 is 1.10 bits per heavy atom. The van der Waals surface area contributed by atoms with E-state index in [4.69, 9.17) is 9.15 Å². The van der Waals surface area contributed by atoms with E-state index in [0.717, 1.165) is 10.6 Å². The van der Waals surface area contributed by atoms with Crippen LogP contribution in [0.5, 0.6) is 5.75 Å².